The number of unbranched alkanes of at least 4 members (excludes halogenated alkanes) is 1. The van der Waals surface area contributed by atoms with Crippen LogP contribution in [0.5, 0.6) is 0 Å². The van der Waals surface area contributed by atoms with Gasteiger partial charge in [-0.15, -0.1) is 0 Å². The van der Waals surface area contributed by atoms with Gasteiger partial charge in [0, 0.05) is 26.2 Å². The van der Waals surface area contributed by atoms with Crippen molar-refractivity contribution in [3.63, 3.8) is 0 Å². The highest BCUT2D eigenvalue weighted by Crippen LogP contribution is 2.05. The molecule has 1 rings (SSSR count). The quantitative estimate of drug-likeness (QED) is 0.701. The maximum atomic E-state index is 9.35. The summed E-state index contributed by atoms with van der Waals surface area (Å²) in [6.45, 7) is 9.57. The molecule has 0 aliphatic carbocycles. The van der Waals surface area contributed by atoms with Crippen molar-refractivity contribution in [3.8, 4) is 0 Å². The third kappa shape index (κ3) is 3.63. The van der Waals surface area contributed by atoms with Crippen molar-refractivity contribution in [1.29, 1.82) is 0 Å². The predicted molar refractivity (Wildman–Crippen MR) is 54.6 cm³/mol. The van der Waals surface area contributed by atoms with Crippen LogP contribution in [0.3, 0.4) is 0 Å². The van der Waals surface area contributed by atoms with Crippen molar-refractivity contribution < 1.29 is 5.11 Å². The van der Waals surface area contributed by atoms with Crippen molar-refractivity contribution in [1.82, 2.24) is 9.80 Å². The molecule has 0 radical (unpaired) electrons. The molecule has 3 nitrogen and oxygen atoms in total. The Morgan fingerprint density at radius 1 is 1.23 bits per heavy atom. The van der Waals surface area contributed by atoms with E-state index in [1.807, 2.05) is 6.92 Å². The first-order valence-electron chi connectivity index (χ1n) is 5.38. The van der Waals surface area contributed by atoms with E-state index in [0.29, 0.717) is 0 Å². The molecule has 13 heavy (non-hydrogen) atoms. The lowest BCUT2D eigenvalue weighted by molar-refractivity contribution is -0.0128. The van der Waals surface area contributed by atoms with Crippen molar-refractivity contribution in [2.75, 3.05) is 32.7 Å². The standard InChI is InChI=1S/C10H22N2O/c1-3-4-5-11-6-8-12(9-7-11)10(2)13/h10,13H,3-9H2,1-2H3. The summed E-state index contributed by atoms with van der Waals surface area (Å²) in [5.41, 5.74) is 0. The highest BCUT2D eigenvalue weighted by atomic mass is 16.3. The summed E-state index contributed by atoms with van der Waals surface area (Å²) < 4.78 is 0. The van der Waals surface area contributed by atoms with Gasteiger partial charge >= 0.3 is 0 Å². The normalized spacial score (nSPS) is 23.3. The van der Waals surface area contributed by atoms with Crippen LogP contribution in [0, 0.1) is 0 Å². The molecule has 1 aliphatic heterocycles. The van der Waals surface area contributed by atoms with Crippen LogP contribution < -0.4 is 0 Å². The first-order valence-corrected chi connectivity index (χ1v) is 5.38. The van der Waals surface area contributed by atoms with E-state index in [1.165, 1.54) is 19.4 Å². The molecule has 0 saturated carbocycles. The van der Waals surface area contributed by atoms with Crippen molar-refractivity contribution in [2.24, 2.45) is 0 Å². The molecule has 1 saturated heterocycles. The Bertz CT molecular complexity index is 131. The molecule has 1 N–H and O–H groups in total. The molecule has 1 heterocycles. The summed E-state index contributed by atoms with van der Waals surface area (Å²) in [5.74, 6) is 0. The second kappa shape index (κ2) is 5.58. The molecule has 3 heteroatoms. The zero-order valence-electron chi connectivity index (χ0n) is 8.87. The fourth-order valence-electron chi connectivity index (χ4n) is 1.74. The van der Waals surface area contributed by atoms with Crippen LogP contribution in [0.25, 0.3) is 0 Å². The van der Waals surface area contributed by atoms with Crippen LogP contribution in [0.15, 0.2) is 0 Å². The van der Waals surface area contributed by atoms with E-state index in [9.17, 15) is 5.11 Å². The van der Waals surface area contributed by atoms with Gasteiger partial charge in [-0.1, -0.05) is 13.3 Å². The molecular weight excluding hydrogens is 164 g/mol. The summed E-state index contributed by atoms with van der Waals surface area (Å²) in [6, 6.07) is 0. The van der Waals surface area contributed by atoms with Crippen LogP contribution in [-0.2, 0) is 0 Å². The van der Waals surface area contributed by atoms with Gasteiger partial charge in [0.05, 0.1) is 0 Å². The van der Waals surface area contributed by atoms with E-state index in [2.05, 4.69) is 16.7 Å². The lowest BCUT2D eigenvalue weighted by Gasteiger charge is -2.36. The SMILES string of the molecule is CCCCN1CCN(C(C)O)CC1. The van der Waals surface area contributed by atoms with Crippen LogP contribution in [0.2, 0.25) is 0 Å². The number of hydrogen-bond donors (Lipinski definition) is 1. The fourth-order valence-corrected chi connectivity index (χ4v) is 1.74. The van der Waals surface area contributed by atoms with Gasteiger partial charge in [-0.25, -0.2) is 0 Å². The number of hydrogen-bond acceptors (Lipinski definition) is 3. The molecular formula is C10H22N2O. The van der Waals surface area contributed by atoms with Gasteiger partial charge in [0.1, 0.15) is 6.23 Å². The largest absolute Gasteiger partial charge is 0.379 e. The molecule has 1 fully saturated rings. The Balaban J connectivity index is 2.15. The third-order valence-corrected chi connectivity index (χ3v) is 2.76. The van der Waals surface area contributed by atoms with E-state index >= 15 is 0 Å². The monoisotopic (exact) mass is 186 g/mol. The van der Waals surface area contributed by atoms with Gasteiger partial charge in [0.25, 0.3) is 0 Å². The first-order chi connectivity index (χ1) is 6.24. The van der Waals surface area contributed by atoms with Gasteiger partial charge in [-0.05, 0) is 19.9 Å². The minimum absolute atomic E-state index is 0.270. The van der Waals surface area contributed by atoms with Crippen LogP contribution in [0.4, 0.5) is 0 Å². The lowest BCUT2D eigenvalue weighted by Crippen LogP contribution is -2.49. The van der Waals surface area contributed by atoms with Gasteiger partial charge in [0.15, 0.2) is 0 Å². The van der Waals surface area contributed by atoms with E-state index in [-0.39, 0.29) is 6.23 Å². The average molecular weight is 186 g/mol. The Morgan fingerprint density at radius 3 is 2.31 bits per heavy atom. The maximum absolute atomic E-state index is 9.35. The molecule has 0 amide bonds. The van der Waals surface area contributed by atoms with Gasteiger partial charge in [-0.3, -0.25) is 4.90 Å². The number of aliphatic hydroxyl groups excluding tert-OH is 1. The first kappa shape index (κ1) is 11.0. The number of nitrogens with zero attached hydrogens (tertiary/aromatic N) is 2. The molecule has 0 aromatic rings. The topological polar surface area (TPSA) is 26.7 Å². The Kier molecular flexibility index (Phi) is 4.70. The average Bonchev–Trinajstić information content (AvgIpc) is 2.15. The maximum Gasteiger partial charge on any atom is 0.104 e. The number of piperazine rings is 1. The van der Waals surface area contributed by atoms with E-state index in [1.54, 1.807) is 0 Å². The van der Waals surface area contributed by atoms with E-state index in [4.69, 9.17) is 0 Å². The van der Waals surface area contributed by atoms with Gasteiger partial charge in [-0.2, -0.15) is 0 Å². The summed E-state index contributed by atoms with van der Waals surface area (Å²) in [4.78, 5) is 4.62. The third-order valence-electron chi connectivity index (χ3n) is 2.76. The minimum atomic E-state index is -0.270. The van der Waals surface area contributed by atoms with Gasteiger partial charge in [0.2, 0.25) is 0 Å². The molecule has 78 valence electrons. The second-order valence-corrected chi connectivity index (χ2v) is 3.86. The second-order valence-electron chi connectivity index (χ2n) is 3.86. The van der Waals surface area contributed by atoms with Crippen LogP contribution in [0.1, 0.15) is 26.7 Å². The van der Waals surface area contributed by atoms with E-state index < -0.39 is 0 Å². The van der Waals surface area contributed by atoms with E-state index in [0.717, 1.165) is 26.2 Å². The lowest BCUT2D eigenvalue weighted by atomic mass is 10.2. The Hall–Kier alpha value is -0.120. The molecule has 1 unspecified atom stereocenters. The smallest absolute Gasteiger partial charge is 0.104 e. The Labute approximate surface area is 81.3 Å². The molecule has 1 atom stereocenters. The summed E-state index contributed by atoms with van der Waals surface area (Å²) in [5, 5.41) is 9.35. The van der Waals surface area contributed by atoms with Crippen molar-refractivity contribution >= 4 is 0 Å². The highest BCUT2D eigenvalue weighted by molar-refractivity contribution is 4.71. The fraction of sp³-hybridized carbons (Fsp3) is 1.00. The van der Waals surface area contributed by atoms with Crippen molar-refractivity contribution in [3.05, 3.63) is 0 Å². The predicted octanol–water partition coefficient (Wildman–Crippen LogP) is 0.742. The van der Waals surface area contributed by atoms with Crippen LogP contribution in [-0.4, -0.2) is 53.9 Å². The Morgan fingerprint density at radius 2 is 1.85 bits per heavy atom. The zero-order chi connectivity index (χ0) is 9.68. The number of aliphatic hydroxyl groups is 1. The number of rotatable bonds is 4. The molecule has 1 aliphatic rings. The summed E-state index contributed by atoms with van der Waals surface area (Å²) in [7, 11) is 0. The van der Waals surface area contributed by atoms with Crippen LogP contribution >= 0.6 is 0 Å². The van der Waals surface area contributed by atoms with Crippen molar-refractivity contribution in [2.45, 2.75) is 32.9 Å². The minimum Gasteiger partial charge on any atom is -0.379 e. The molecule has 0 aromatic heterocycles. The molecule has 0 aromatic carbocycles. The zero-order valence-corrected chi connectivity index (χ0v) is 8.87. The molecule has 0 spiro atoms. The highest BCUT2D eigenvalue weighted by Gasteiger charge is 2.18. The summed E-state index contributed by atoms with van der Waals surface area (Å²) in [6.07, 6.45) is 2.30. The summed E-state index contributed by atoms with van der Waals surface area (Å²) >= 11 is 0. The van der Waals surface area contributed by atoms with Gasteiger partial charge < -0.3 is 10.0 Å². The molecule has 0 bridgehead atoms.